The highest BCUT2D eigenvalue weighted by Crippen LogP contribution is 2.37. The second kappa shape index (κ2) is 12.9. The predicted octanol–water partition coefficient (Wildman–Crippen LogP) is 6.89. The minimum absolute atomic E-state index is 0.0280. The summed E-state index contributed by atoms with van der Waals surface area (Å²) in [5.74, 6) is -0.312. The molecule has 0 bridgehead atoms. The van der Waals surface area contributed by atoms with Gasteiger partial charge in [0.1, 0.15) is 0 Å². The van der Waals surface area contributed by atoms with Gasteiger partial charge in [-0.15, -0.1) is 0 Å². The van der Waals surface area contributed by atoms with Gasteiger partial charge in [-0.2, -0.15) is 0 Å². The number of halogens is 1. The number of rotatable bonds is 6. The highest BCUT2D eigenvalue weighted by atomic mass is 35.5. The number of nitrogens with one attached hydrogen (secondary N) is 1. The van der Waals surface area contributed by atoms with E-state index < -0.39 is 0 Å². The Bertz CT molecular complexity index is 1530. The highest BCUT2D eigenvalue weighted by Gasteiger charge is 2.31. The topological polar surface area (TPSA) is 55.9 Å². The minimum atomic E-state index is -0.284. The zero-order chi connectivity index (χ0) is 28.9. The molecule has 214 valence electrons. The monoisotopic (exact) mass is 578 g/mol. The molecule has 0 saturated carbocycles. The summed E-state index contributed by atoms with van der Waals surface area (Å²) >= 11 is 6.17. The first-order valence-corrected chi connectivity index (χ1v) is 15.0. The number of carbonyl (C=O) groups is 2. The fourth-order valence-corrected chi connectivity index (χ4v) is 6.32. The predicted molar refractivity (Wildman–Crippen MR) is 169 cm³/mol. The van der Waals surface area contributed by atoms with E-state index in [1.54, 1.807) is 48.5 Å². The molecule has 2 aliphatic heterocycles. The second-order valence-electron chi connectivity index (χ2n) is 11.0. The lowest BCUT2D eigenvalue weighted by Crippen LogP contribution is -2.47. The van der Waals surface area contributed by atoms with Crippen LogP contribution in [0.25, 0.3) is 0 Å². The van der Waals surface area contributed by atoms with Crippen LogP contribution in [0.5, 0.6) is 0 Å². The van der Waals surface area contributed by atoms with E-state index >= 15 is 0 Å². The largest absolute Gasteiger partial charge is 0.322 e. The molecular formula is C35H35ClN4O2. The second-order valence-corrected chi connectivity index (χ2v) is 11.4. The number of fused-ring (bicyclic) bond motifs is 1. The Balaban J connectivity index is 1.14. The molecule has 1 saturated heterocycles. The van der Waals surface area contributed by atoms with Crippen LogP contribution in [-0.4, -0.2) is 54.3 Å². The standard InChI is InChI=1S/C35H35ClN4O2/c36-31-13-6-4-11-29(31)34(41)37-28-18-16-27(17-19-28)35(42)40-20-8-15-32(30-12-5-7-14-33(30)40)39-23-21-38(22-24-39)25-26-9-2-1-3-10-26/h1-7,9-14,16-19,32H,8,15,20-25H2,(H,37,41). The fourth-order valence-electron chi connectivity index (χ4n) is 6.09. The number of amides is 2. The SMILES string of the molecule is O=C(Nc1ccc(C(=O)N2CCCC(N3CCN(Cc4ccccc4)CC3)c3ccccc32)cc1)c1ccccc1Cl. The van der Waals surface area contributed by atoms with E-state index in [1.165, 1.54) is 11.1 Å². The van der Waals surface area contributed by atoms with Gasteiger partial charge in [0.2, 0.25) is 0 Å². The summed E-state index contributed by atoms with van der Waals surface area (Å²) in [6.07, 6.45) is 1.95. The molecule has 1 fully saturated rings. The van der Waals surface area contributed by atoms with E-state index in [2.05, 4.69) is 63.6 Å². The van der Waals surface area contributed by atoms with E-state index in [1.807, 2.05) is 11.0 Å². The molecule has 0 radical (unpaired) electrons. The zero-order valence-corrected chi connectivity index (χ0v) is 24.3. The molecule has 6 rings (SSSR count). The van der Waals surface area contributed by atoms with Crippen molar-refractivity contribution in [1.82, 2.24) is 9.80 Å². The summed E-state index contributed by atoms with van der Waals surface area (Å²) in [4.78, 5) is 33.5. The Morgan fingerprint density at radius 2 is 1.45 bits per heavy atom. The van der Waals surface area contributed by atoms with Crippen LogP contribution in [0.3, 0.4) is 0 Å². The van der Waals surface area contributed by atoms with Gasteiger partial charge in [-0.1, -0.05) is 72.3 Å². The van der Waals surface area contributed by atoms with E-state index in [9.17, 15) is 9.59 Å². The minimum Gasteiger partial charge on any atom is -0.322 e. The zero-order valence-electron chi connectivity index (χ0n) is 23.6. The van der Waals surface area contributed by atoms with Crippen molar-refractivity contribution in [3.05, 3.63) is 130 Å². The van der Waals surface area contributed by atoms with Gasteiger partial charge in [0.25, 0.3) is 11.8 Å². The number of para-hydroxylation sites is 1. The average molecular weight is 579 g/mol. The lowest BCUT2D eigenvalue weighted by molar-refractivity contribution is 0.0880. The van der Waals surface area contributed by atoms with Crippen molar-refractivity contribution < 1.29 is 9.59 Å². The third-order valence-electron chi connectivity index (χ3n) is 8.30. The molecule has 1 unspecified atom stereocenters. The van der Waals surface area contributed by atoms with Crippen molar-refractivity contribution in [2.24, 2.45) is 0 Å². The van der Waals surface area contributed by atoms with Crippen LogP contribution >= 0.6 is 11.6 Å². The maximum Gasteiger partial charge on any atom is 0.258 e. The Morgan fingerprint density at radius 3 is 2.21 bits per heavy atom. The number of carbonyl (C=O) groups excluding carboxylic acids is 2. The summed E-state index contributed by atoms with van der Waals surface area (Å²) in [5, 5.41) is 3.27. The molecule has 2 amide bonds. The Hall–Kier alpha value is -3.97. The Kier molecular flexibility index (Phi) is 8.65. The quantitative estimate of drug-likeness (QED) is 0.271. The summed E-state index contributed by atoms with van der Waals surface area (Å²) in [6.45, 7) is 5.76. The van der Waals surface area contributed by atoms with E-state index in [4.69, 9.17) is 11.6 Å². The number of benzene rings is 4. The molecule has 42 heavy (non-hydrogen) atoms. The molecule has 4 aromatic carbocycles. The smallest absolute Gasteiger partial charge is 0.258 e. The normalized spacial score (nSPS) is 17.7. The first-order valence-electron chi connectivity index (χ1n) is 14.6. The van der Waals surface area contributed by atoms with Gasteiger partial charge < -0.3 is 10.2 Å². The maximum atomic E-state index is 13.8. The van der Waals surface area contributed by atoms with Crippen molar-refractivity contribution in [1.29, 1.82) is 0 Å². The van der Waals surface area contributed by atoms with Crippen LogP contribution < -0.4 is 10.2 Å². The first kappa shape index (κ1) is 28.2. The third kappa shape index (κ3) is 6.26. The van der Waals surface area contributed by atoms with Crippen molar-refractivity contribution in [3.8, 4) is 0 Å². The van der Waals surface area contributed by atoms with Gasteiger partial charge in [0, 0.05) is 62.2 Å². The summed E-state index contributed by atoms with van der Waals surface area (Å²) in [5.41, 5.74) is 5.19. The van der Waals surface area contributed by atoms with Crippen LogP contribution in [0.15, 0.2) is 103 Å². The molecule has 0 aliphatic carbocycles. The maximum absolute atomic E-state index is 13.8. The van der Waals surface area contributed by atoms with Crippen LogP contribution in [0, 0.1) is 0 Å². The van der Waals surface area contributed by atoms with E-state index in [-0.39, 0.29) is 11.8 Å². The van der Waals surface area contributed by atoms with E-state index in [0.717, 1.165) is 51.3 Å². The number of anilines is 2. The molecule has 1 N–H and O–H groups in total. The van der Waals surface area contributed by atoms with Crippen molar-refractivity contribution >= 4 is 34.8 Å². The van der Waals surface area contributed by atoms with Crippen LogP contribution in [0.2, 0.25) is 5.02 Å². The summed E-state index contributed by atoms with van der Waals surface area (Å²) in [7, 11) is 0. The molecule has 2 heterocycles. The molecule has 0 spiro atoms. The van der Waals surface area contributed by atoms with E-state index in [0.29, 0.717) is 34.4 Å². The summed E-state index contributed by atoms with van der Waals surface area (Å²) < 4.78 is 0. The Morgan fingerprint density at radius 1 is 0.762 bits per heavy atom. The van der Waals surface area contributed by atoms with Gasteiger partial charge in [0.15, 0.2) is 0 Å². The third-order valence-corrected chi connectivity index (χ3v) is 8.63. The number of piperazine rings is 1. The van der Waals surface area contributed by atoms with Crippen molar-refractivity contribution in [2.75, 3.05) is 42.9 Å². The van der Waals surface area contributed by atoms with Crippen molar-refractivity contribution in [3.63, 3.8) is 0 Å². The molecular weight excluding hydrogens is 544 g/mol. The van der Waals surface area contributed by atoms with Gasteiger partial charge in [0.05, 0.1) is 10.6 Å². The number of hydrogen-bond donors (Lipinski definition) is 1. The number of hydrogen-bond acceptors (Lipinski definition) is 4. The number of nitrogens with zero attached hydrogens (tertiary/aromatic N) is 3. The van der Waals surface area contributed by atoms with Crippen molar-refractivity contribution in [2.45, 2.75) is 25.4 Å². The van der Waals surface area contributed by atoms with Crippen LogP contribution in [-0.2, 0) is 6.54 Å². The molecule has 1 atom stereocenters. The van der Waals surface area contributed by atoms with Gasteiger partial charge >= 0.3 is 0 Å². The first-order chi connectivity index (χ1) is 20.6. The Labute approximate surface area is 252 Å². The molecule has 4 aromatic rings. The van der Waals surface area contributed by atoms with Crippen LogP contribution in [0.4, 0.5) is 11.4 Å². The van der Waals surface area contributed by atoms with Gasteiger partial charge in [-0.05, 0) is 66.4 Å². The molecule has 6 nitrogen and oxygen atoms in total. The molecule has 0 aromatic heterocycles. The highest BCUT2D eigenvalue weighted by molar-refractivity contribution is 6.34. The van der Waals surface area contributed by atoms with Gasteiger partial charge in [-0.3, -0.25) is 19.4 Å². The lowest BCUT2D eigenvalue weighted by Gasteiger charge is -2.39. The fraction of sp³-hybridized carbons (Fsp3) is 0.257. The molecule has 2 aliphatic rings. The lowest BCUT2D eigenvalue weighted by atomic mass is 9.99. The van der Waals surface area contributed by atoms with Gasteiger partial charge in [-0.25, -0.2) is 0 Å². The average Bonchev–Trinajstić information content (AvgIpc) is 3.22. The molecule has 7 heteroatoms. The van der Waals surface area contributed by atoms with Crippen LogP contribution in [0.1, 0.15) is 50.7 Å². The summed E-state index contributed by atoms with van der Waals surface area (Å²) in [6, 6.07) is 33.4.